The standard InChI is InChI=1S/C23H22N4O4/c1-30-15-7-8-21(31-2)14(9-15)11-24-27-13-22(28)26-12-19-17(10-20(26)23(27)29)16-5-3-4-6-18(16)25-19/h3-9,11,20,25H,10,12-13H2,1-2H3. The second-order valence-electron chi connectivity index (χ2n) is 7.62. The van der Waals surface area contributed by atoms with Gasteiger partial charge in [0.05, 0.1) is 27.0 Å². The zero-order chi connectivity index (χ0) is 21.5. The summed E-state index contributed by atoms with van der Waals surface area (Å²) in [6, 6.07) is 12.8. The number of ether oxygens (including phenoxy) is 2. The summed E-state index contributed by atoms with van der Waals surface area (Å²) in [7, 11) is 3.14. The Balaban J connectivity index is 1.44. The van der Waals surface area contributed by atoms with Crippen molar-refractivity contribution in [2.24, 2.45) is 5.10 Å². The molecule has 1 aromatic heterocycles. The van der Waals surface area contributed by atoms with Crippen molar-refractivity contribution in [3.05, 3.63) is 59.3 Å². The SMILES string of the molecule is COc1ccc(OC)c(C=NN2CC(=O)N3Cc4[nH]c5ccccc5c4CC3C2=O)c1. The molecule has 0 aliphatic carbocycles. The van der Waals surface area contributed by atoms with Gasteiger partial charge in [-0.15, -0.1) is 0 Å². The van der Waals surface area contributed by atoms with Gasteiger partial charge in [0, 0.05) is 28.6 Å². The molecule has 1 unspecified atom stereocenters. The van der Waals surface area contributed by atoms with Gasteiger partial charge in [0.25, 0.3) is 5.91 Å². The largest absolute Gasteiger partial charge is 0.497 e. The van der Waals surface area contributed by atoms with Crippen molar-refractivity contribution in [3.63, 3.8) is 0 Å². The molecule has 8 heteroatoms. The number of hydrogen-bond donors (Lipinski definition) is 1. The van der Waals surface area contributed by atoms with Crippen molar-refractivity contribution in [1.82, 2.24) is 14.9 Å². The van der Waals surface area contributed by atoms with Gasteiger partial charge in [-0.1, -0.05) is 18.2 Å². The summed E-state index contributed by atoms with van der Waals surface area (Å²) in [5, 5.41) is 6.68. The quantitative estimate of drug-likeness (QED) is 0.659. The van der Waals surface area contributed by atoms with E-state index in [-0.39, 0.29) is 18.4 Å². The number of nitrogens with one attached hydrogen (secondary N) is 1. The van der Waals surface area contributed by atoms with E-state index in [0.717, 1.165) is 22.2 Å². The zero-order valence-corrected chi connectivity index (χ0v) is 17.3. The second kappa shape index (κ2) is 7.46. The summed E-state index contributed by atoms with van der Waals surface area (Å²) in [6.45, 7) is 0.314. The summed E-state index contributed by atoms with van der Waals surface area (Å²) in [5.41, 5.74) is 3.77. The number of nitrogens with zero attached hydrogens (tertiary/aromatic N) is 3. The molecule has 3 aromatic rings. The molecule has 2 aromatic carbocycles. The fourth-order valence-corrected chi connectivity index (χ4v) is 4.33. The van der Waals surface area contributed by atoms with Crippen LogP contribution in [0.5, 0.6) is 11.5 Å². The predicted octanol–water partition coefficient (Wildman–Crippen LogP) is 2.31. The number of carbonyl (C=O) groups excluding carboxylic acids is 2. The van der Waals surface area contributed by atoms with Gasteiger partial charge < -0.3 is 19.4 Å². The second-order valence-corrected chi connectivity index (χ2v) is 7.62. The lowest BCUT2D eigenvalue weighted by atomic mass is 9.94. The maximum atomic E-state index is 13.2. The van der Waals surface area contributed by atoms with E-state index in [4.69, 9.17) is 9.47 Å². The number of amides is 2. The molecule has 158 valence electrons. The lowest BCUT2D eigenvalue weighted by Gasteiger charge is -2.40. The highest BCUT2D eigenvalue weighted by Crippen LogP contribution is 2.32. The Kier molecular flexibility index (Phi) is 4.62. The van der Waals surface area contributed by atoms with Gasteiger partial charge in [-0.2, -0.15) is 5.10 Å². The molecule has 1 atom stereocenters. The maximum Gasteiger partial charge on any atom is 0.266 e. The molecule has 0 radical (unpaired) electrons. The Labute approximate surface area is 179 Å². The summed E-state index contributed by atoms with van der Waals surface area (Å²) >= 11 is 0. The fraction of sp³-hybridized carbons (Fsp3) is 0.261. The molecule has 1 N–H and O–H groups in total. The predicted molar refractivity (Wildman–Crippen MR) is 115 cm³/mol. The van der Waals surface area contributed by atoms with Crippen LogP contribution >= 0.6 is 0 Å². The number of aromatic nitrogens is 1. The molecule has 2 amide bonds. The van der Waals surface area contributed by atoms with Crippen LogP contribution in [0, 0.1) is 0 Å². The van der Waals surface area contributed by atoms with Crippen molar-refractivity contribution >= 4 is 28.9 Å². The van der Waals surface area contributed by atoms with E-state index in [9.17, 15) is 9.59 Å². The van der Waals surface area contributed by atoms with Gasteiger partial charge >= 0.3 is 0 Å². The van der Waals surface area contributed by atoms with E-state index < -0.39 is 6.04 Å². The van der Waals surface area contributed by atoms with Crippen LogP contribution in [0.25, 0.3) is 10.9 Å². The summed E-state index contributed by atoms with van der Waals surface area (Å²) in [5.74, 6) is 0.939. The fourth-order valence-electron chi connectivity index (χ4n) is 4.33. The zero-order valence-electron chi connectivity index (χ0n) is 17.3. The molecular weight excluding hydrogens is 396 g/mol. The third-order valence-electron chi connectivity index (χ3n) is 5.92. The van der Waals surface area contributed by atoms with Crippen molar-refractivity contribution in [3.8, 4) is 11.5 Å². The number of fused-ring (bicyclic) bond motifs is 4. The van der Waals surface area contributed by atoms with Crippen LogP contribution in [0.4, 0.5) is 0 Å². The van der Waals surface area contributed by atoms with E-state index in [1.165, 1.54) is 11.2 Å². The van der Waals surface area contributed by atoms with Crippen LogP contribution in [0.1, 0.15) is 16.8 Å². The van der Waals surface area contributed by atoms with Gasteiger partial charge in [0.15, 0.2) is 0 Å². The third kappa shape index (κ3) is 3.20. The first kappa shape index (κ1) is 19.2. The third-order valence-corrected chi connectivity index (χ3v) is 5.92. The minimum Gasteiger partial charge on any atom is -0.497 e. The van der Waals surface area contributed by atoms with E-state index in [1.807, 2.05) is 24.3 Å². The smallest absolute Gasteiger partial charge is 0.266 e. The Morgan fingerprint density at radius 2 is 1.94 bits per heavy atom. The first-order valence-corrected chi connectivity index (χ1v) is 10.0. The van der Waals surface area contributed by atoms with Crippen LogP contribution in [-0.4, -0.2) is 59.7 Å². The molecule has 3 heterocycles. The summed E-state index contributed by atoms with van der Waals surface area (Å²) < 4.78 is 10.6. The summed E-state index contributed by atoms with van der Waals surface area (Å²) in [6.07, 6.45) is 2.00. The normalized spacial score (nSPS) is 18.5. The molecule has 0 spiro atoms. The Bertz CT molecular complexity index is 1220. The Hall–Kier alpha value is -3.81. The first-order valence-electron chi connectivity index (χ1n) is 10.0. The molecule has 1 fully saturated rings. The van der Waals surface area contributed by atoms with Crippen LogP contribution in [0.15, 0.2) is 47.6 Å². The minimum atomic E-state index is -0.558. The highest BCUT2D eigenvalue weighted by Gasteiger charge is 2.43. The average Bonchev–Trinajstić information content (AvgIpc) is 3.17. The summed E-state index contributed by atoms with van der Waals surface area (Å²) in [4.78, 5) is 31.1. The van der Waals surface area contributed by atoms with Gasteiger partial charge in [-0.3, -0.25) is 9.59 Å². The van der Waals surface area contributed by atoms with Gasteiger partial charge in [-0.05, 0) is 29.8 Å². The number of carbonyl (C=O) groups is 2. The van der Waals surface area contributed by atoms with Gasteiger partial charge in [0.2, 0.25) is 5.91 Å². The molecule has 5 rings (SSSR count). The van der Waals surface area contributed by atoms with Crippen molar-refractivity contribution in [1.29, 1.82) is 0 Å². The van der Waals surface area contributed by atoms with Gasteiger partial charge in [-0.25, -0.2) is 5.01 Å². The molecule has 8 nitrogen and oxygen atoms in total. The van der Waals surface area contributed by atoms with Crippen LogP contribution in [-0.2, 0) is 22.6 Å². The van der Waals surface area contributed by atoms with Crippen molar-refractivity contribution in [2.45, 2.75) is 19.0 Å². The maximum absolute atomic E-state index is 13.2. The number of aromatic amines is 1. The number of piperazine rings is 1. The van der Waals surface area contributed by atoms with Gasteiger partial charge in [0.1, 0.15) is 24.1 Å². The van der Waals surface area contributed by atoms with Crippen molar-refractivity contribution in [2.75, 3.05) is 20.8 Å². The average molecular weight is 418 g/mol. The molecule has 31 heavy (non-hydrogen) atoms. The highest BCUT2D eigenvalue weighted by atomic mass is 16.5. The number of H-pyrrole nitrogens is 1. The van der Waals surface area contributed by atoms with E-state index in [1.54, 1.807) is 37.3 Å². The van der Waals surface area contributed by atoms with Crippen LogP contribution < -0.4 is 9.47 Å². The first-order chi connectivity index (χ1) is 15.1. The number of hydrogen-bond acceptors (Lipinski definition) is 5. The van der Waals surface area contributed by atoms with Crippen molar-refractivity contribution < 1.29 is 19.1 Å². The lowest BCUT2D eigenvalue weighted by Crippen LogP contribution is -2.60. The highest BCUT2D eigenvalue weighted by molar-refractivity contribution is 5.97. The molecule has 2 aliphatic rings. The van der Waals surface area contributed by atoms with E-state index in [0.29, 0.717) is 30.0 Å². The molecule has 0 bridgehead atoms. The number of methoxy groups -OCH3 is 2. The monoisotopic (exact) mass is 418 g/mol. The van der Waals surface area contributed by atoms with Crippen LogP contribution in [0.3, 0.4) is 0 Å². The van der Waals surface area contributed by atoms with E-state index >= 15 is 0 Å². The Morgan fingerprint density at radius 1 is 1.10 bits per heavy atom. The topological polar surface area (TPSA) is 87.2 Å². The minimum absolute atomic E-state index is 0.0896. The molecular formula is C23H22N4O4. The van der Waals surface area contributed by atoms with E-state index in [2.05, 4.69) is 10.1 Å². The molecule has 1 saturated heterocycles. The number of rotatable bonds is 4. The molecule has 2 aliphatic heterocycles. The Morgan fingerprint density at radius 3 is 2.74 bits per heavy atom. The van der Waals surface area contributed by atoms with Crippen LogP contribution in [0.2, 0.25) is 0 Å². The number of benzene rings is 2. The number of para-hydroxylation sites is 1. The number of hydrazone groups is 1. The lowest BCUT2D eigenvalue weighted by molar-refractivity contribution is -0.157. The molecule has 0 saturated carbocycles.